The first-order valence-electron chi connectivity index (χ1n) is 11.0. The number of aromatic nitrogens is 1. The van der Waals surface area contributed by atoms with Crippen molar-refractivity contribution >= 4 is 46.3 Å². The van der Waals surface area contributed by atoms with E-state index < -0.39 is 21.8 Å². The standard InChI is InChI=1S/C19H18Cl2N2O2S.C5H6N2O/c20-13-5-6-17(22-11-13)19(8-9-19)18(24)23-10-7-14(12-23)26(25)16-4-2-1-3-15(16)21;6-3-5(1-2-5)7-4-8/h1-6,11,14H,7-10,12H2;4H,1-2H2,(H,7,8). The number of carbonyl (C=O) groups excluding carboxylic acids is 2. The van der Waals surface area contributed by atoms with Gasteiger partial charge < -0.3 is 10.2 Å². The fourth-order valence-electron chi connectivity index (χ4n) is 4.07. The summed E-state index contributed by atoms with van der Waals surface area (Å²) in [5.74, 6) is 0.0889. The molecule has 0 radical (unpaired) electrons. The van der Waals surface area contributed by atoms with Crippen LogP contribution in [-0.2, 0) is 25.8 Å². The zero-order valence-electron chi connectivity index (χ0n) is 18.4. The van der Waals surface area contributed by atoms with Crippen LogP contribution in [0.4, 0.5) is 0 Å². The number of hydrogen-bond donors (Lipinski definition) is 1. The van der Waals surface area contributed by atoms with E-state index in [2.05, 4.69) is 10.3 Å². The Morgan fingerprint density at radius 1 is 1.21 bits per heavy atom. The van der Waals surface area contributed by atoms with Gasteiger partial charge in [0.05, 0.1) is 48.2 Å². The van der Waals surface area contributed by atoms with Crippen LogP contribution in [-0.4, -0.2) is 50.3 Å². The molecule has 2 aromatic rings. The number of pyridine rings is 1. The van der Waals surface area contributed by atoms with Gasteiger partial charge in [0.25, 0.3) is 0 Å². The summed E-state index contributed by atoms with van der Waals surface area (Å²) in [4.78, 5) is 29.7. The molecule has 2 aliphatic carbocycles. The van der Waals surface area contributed by atoms with E-state index in [4.69, 9.17) is 28.5 Å². The van der Waals surface area contributed by atoms with Gasteiger partial charge in [0.1, 0.15) is 5.54 Å². The molecule has 1 aliphatic heterocycles. The minimum atomic E-state index is -1.22. The molecule has 5 rings (SSSR count). The molecule has 34 heavy (non-hydrogen) atoms. The molecule has 3 aliphatic rings. The Hall–Kier alpha value is -2.47. The molecule has 178 valence electrons. The fraction of sp³-hybridized carbons (Fsp3) is 0.417. The third-order valence-corrected chi connectivity index (χ3v) is 8.91. The smallest absolute Gasteiger partial charge is 0.234 e. The number of amides is 2. The summed E-state index contributed by atoms with van der Waals surface area (Å²) in [6.45, 7) is 1.11. The molecule has 0 bridgehead atoms. The highest BCUT2D eigenvalue weighted by molar-refractivity contribution is 7.85. The molecule has 2 amide bonds. The lowest BCUT2D eigenvalue weighted by molar-refractivity contribution is -0.133. The summed E-state index contributed by atoms with van der Waals surface area (Å²) in [6, 6.07) is 12.8. The van der Waals surface area contributed by atoms with E-state index in [1.165, 1.54) is 0 Å². The minimum absolute atomic E-state index is 0.0889. The molecule has 1 N–H and O–H groups in total. The van der Waals surface area contributed by atoms with Crippen LogP contribution in [0, 0.1) is 11.3 Å². The van der Waals surface area contributed by atoms with Gasteiger partial charge in [-0.25, -0.2) is 0 Å². The summed E-state index contributed by atoms with van der Waals surface area (Å²) in [6.07, 6.45) is 6.10. The predicted molar refractivity (Wildman–Crippen MR) is 130 cm³/mol. The number of nitrogens with one attached hydrogen (secondary N) is 1. The van der Waals surface area contributed by atoms with Crippen LogP contribution in [0.2, 0.25) is 10.0 Å². The van der Waals surface area contributed by atoms with Crippen LogP contribution in [0.3, 0.4) is 0 Å². The SMILES string of the molecule is N#CC1(NC=O)CC1.O=C(N1CCC(S(=O)c2ccccc2Cl)C1)C1(c2ccc(Cl)cn2)CC1. The topological polar surface area (TPSA) is 103 Å². The van der Waals surface area contributed by atoms with Gasteiger partial charge in [-0.15, -0.1) is 0 Å². The van der Waals surface area contributed by atoms with Crippen LogP contribution in [0.1, 0.15) is 37.8 Å². The maximum atomic E-state index is 13.1. The van der Waals surface area contributed by atoms with E-state index in [1.54, 1.807) is 24.4 Å². The summed E-state index contributed by atoms with van der Waals surface area (Å²) >= 11 is 12.1. The lowest BCUT2D eigenvalue weighted by Gasteiger charge is -2.23. The van der Waals surface area contributed by atoms with Gasteiger partial charge in [0, 0.05) is 19.3 Å². The first kappa shape index (κ1) is 24.6. The zero-order chi connectivity index (χ0) is 24.3. The van der Waals surface area contributed by atoms with E-state index in [9.17, 15) is 13.8 Å². The van der Waals surface area contributed by atoms with Gasteiger partial charge in [-0.1, -0.05) is 35.3 Å². The van der Waals surface area contributed by atoms with Crippen LogP contribution >= 0.6 is 23.2 Å². The summed E-state index contributed by atoms with van der Waals surface area (Å²) in [5.41, 5.74) is -0.213. The van der Waals surface area contributed by atoms with Crippen molar-refractivity contribution in [3.63, 3.8) is 0 Å². The molecular weight excluding hydrogens is 495 g/mol. The summed E-state index contributed by atoms with van der Waals surface area (Å²) < 4.78 is 12.9. The second-order valence-electron chi connectivity index (χ2n) is 8.79. The number of carbonyl (C=O) groups is 2. The van der Waals surface area contributed by atoms with Crippen molar-refractivity contribution in [1.29, 1.82) is 5.26 Å². The molecule has 7 nitrogen and oxygen atoms in total. The quantitative estimate of drug-likeness (QED) is 0.588. The van der Waals surface area contributed by atoms with Crippen molar-refractivity contribution in [2.75, 3.05) is 13.1 Å². The highest BCUT2D eigenvalue weighted by Crippen LogP contribution is 2.49. The molecule has 2 saturated carbocycles. The number of hydrogen-bond acceptors (Lipinski definition) is 5. The summed E-state index contributed by atoms with van der Waals surface area (Å²) in [7, 11) is -1.22. The molecule has 1 aromatic carbocycles. The first-order valence-corrected chi connectivity index (χ1v) is 13.0. The van der Waals surface area contributed by atoms with E-state index >= 15 is 0 Å². The van der Waals surface area contributed by atoms with Crippen LogP contribution < -0.4 is 5.32 Å². The Morgan fingerprint density at radius 3 is 2.47 bits per heavy atom. The monoisotopic (exact) mass is 518 g/mol. The van der Waals surface area contributed by atoms with Crippen molar-refractivity contribution in [3.8, 4) is 6.07 Å². The number of nitriles is 1. The van der Waals surface area contributed by atoms with Gasteiger partial charge in [0.15, 0.2) is 0 Å². The third kappa shape index (κ3) is 5.12. The Morgan fingerprint density at radius 2 is 1.94 bits per heavy atom. The number of benzene rings is 1. The fourth-order valence-corrected chi connectivity index (χ4v) is 6.01. The number of halogens is 2. The normalized spacial score (nSPS) is 21.9. The molecule has 2 heterocycles. The first-order chi connectivity index (χ1) is 16.3. The summed E-state index contributed by atoms with van der Waals surface area (Å²) in [5, 5.41) is 11.7. The van der Waals surface area contributed by atoms with Crippen molar-refractivity contribution in [3.05, 3.63) is 58.3 Å². The van der Waals surface area contributed by atoms with E-state index in [0.29, 0.717) is 40.9 Å². The zero-order valence-corrected chi connectivity index (χ0v) is 20.7. The average Bonchev–Trinajstić information content (AvgIpc) is 3.77. The Balaban J connectivity index is 0.000000291. The van der Waals surface area contributed by atoms with Crippen molar-refractivity contribution < 1.29 is 13.8 Å². The van der Waals surface area contributed by atoms with E-state index in [-0.39, 0.29) is 11.2 Å². The third-order valence-electron chi connectivity index (χ3n) is 6.46. The largest absolute Gasteiger partial charge is 0.341 e. The lowest BCUT2D eigenvalue weighted by Crippen LogP contribution is -2.39. The maximum Gasteiger partial charge on any atom is 0.234 e. The van der Waals surface area contributed by atoms with Crippen molar-refractivity contribution in [2.24, 2.45) is 0 Å². The van der Waals surface area contributed by atoms with Gasteiger partial charge in [-0.2, -0.15) is 5.26 Å². The average molecular weight is 519 g/mol. The number of rotatable bonds is 6. The van der Waals surface area contributed by atoms with Crippen molar-refractivity contribution in [1.82, 2.24) is 15.2 Å². The van der Waals surface area contributed by atoms with Crippen LogP contribution in [0.15, 0.2) is 47.5 Å². The van der Waals surface area contributed by atoms with Crippen molar-refractivity contribution in [2.45, 2.75) is 53.2 Å². The highest BCUT2D eigenvalue weighted by atomic mass is 35.5. The minimum Gasteiger partial charge on any atom is -0.341 e. The molecule has 1 saturated heterocycles. The maximum absolute atomic E-state index is 13.1. The van der Waals surface area contributed by atoms with Crippen LogP contribution in [0.25, 0.3) is 0 Å². The second kappa shape index (κ2) is 10.0. The molecule has 0 spiro atoms. The molecule has 1 aromatic heterocycles. The molecule has 2 atom stereocenters. The molecule has 10 heteroatoms. The lowest BCUT2D eigenvalue weighted by atomic mass is 10.00. The number of likely N-dealkylation sites (tertiary alicyclic amines) is 1. The number of nitrogens with zero attached hydrogens (tertiary/aromatic N) is 3. The molecule has 2 unspecified atom stereocenters. The molecule has 3 fully saturated rings. The van der Waals surface area contributed by atoms with Gasteiger partial charge in [0.2, 0.25) is 12.3 Å². The predicted octanol–water partition coefficient (Wildman–Crippen LogP) is 3.62. The van der Waals surface area contributed by atoms with Crippen LogP contribution in [0.5, 0.6) is 0 Å². The van der Waals surface area contributed by atoms with Gasteiger partial charge in [-0.3, -0.25) is 18.8 Å². The van der Waals surface area contributed by atoms with E-state index in [1.807, 2.05) is 29.2 Å². The van der Waals surface area contributed by atoms with Gasteiger partial charge in [-0.05, 0) is 56.4 Å². The Labute approximate surface area is 210 Å². The Kier molecular flexibility index (Phi) is 7.27. The Bertz CT molecular complexity index is 1140. The van der Waals surface area contributed by atoms with Gasteiger partial charge >= 0.3 is 0 Å². The second-order valence-corrected chi connectivity index (χ2v) is 11.3. The van der Waals surface area contributed by atoms with E-state index in [0.717, 1.165) is 31.4 Å². The molecular formula is C24H24Cl2N4O3S. The highest BCUT2D eigenvalue weighted by Gasteiger charge is 2.55.